The Labute approximate surface area is 179 Å². The van der Waals surface area contributed by atoms with Gasteiger partial charge in [-0.25, -0.2) is 8.78 Å². The lowest BCUT2D eigenvalue weighted by atomic mass is 9.96. The van der Waals surface area contributed by atoms with E-state index in [9.17, 15) is 18.4 Å². The van der Waals surface area contributed by atoms with Crippen molar-refractivity contribution in [2.75, 3.05) is 26.2 Å². The molecule has 7 heteroatoms. The highest BCUT2D eigenvalue weighted by Crippen LogP contribution is 2.30. The first-order chi connectivity index (χ1) is 14.9. The number of piperazine rings is 1. The second-order valence-electron chi connectivity index (χ2n) is 7.69. The van der Waals surface area contributed by atoms with Crippen molar-refractivity contribution in [3.8, 4) is 0 Å². The van der Waals surface area contributed by atoms with Gasteiger partial charge in [0, 0.05) is 37.9 Å². The number of rotatable bonds is 5. The van der Waals surface area contributed by atoms with Gasteiger partial charge in [-0.3, -0.25) is 14.5 Å². The molecule has 1 aliphatic heterocycles. The fraction of sp³-hybridized carbons (Fsp3) is 0.250. The third-order valence-electron chi connectivity index (χ3n) is 5.66. The van der Waals surface area contributed by atoms with Crippen molar-refractivity contribution in [2.45, 2.75) is 13.0 Å². The molecule has 1 amide bonds. The summed E-state index contributed by atoms with van der Waals surface area (Å²) >= 11 is 0. The molecule has 3 aromatic rings. The molecule has 5 nitrogen and oxygen atoms in total. The molecule has 0 saturated carbocycles. The Morgan fingerprint density at radius 1 is 0.871 bits per heavy atom. The maximum atomic E-state index is 13.5. The van der Waals surface area contributed by atoms with Gasteiger partial charge in [-0.15, -0.1) is 0 Å². The van der Waals surface area contributed by atoms with Crippen molar-refractivity contribution in [3.63, 3.8) is 0 Å². The molecule has 1 aromatic heterocycles. The Hall–Kier alpha value is -3.32. The van der Waals surface area contributed by atoms with Crippen LogP contribution in [0.25, 0.3) is 0 Å². The molecule has 1 N–H and O–H groups in total. The predicted octanol–water partition coefficient (Wildman–Crippen LogP) is 4.04. The minimum absolute atomic E-state index is 0.0958. The van der Waals surface area contributed by atoms with Gasteiger partial charge in [-0.05, 0) is 48.4 Å². The monoisotopic (exact) mass is 423 g/mol. The van der Waals surface area contributed by atoms with Gasteiger partial charge in [0.2, 0.25) is 0 Å². The minimum atomic E-state index is -0.312. The number of carbonyl (C=O) groups is 2. The highest BCUT2D eigenvalue weighted by molar-refractivity contribution is 5.99. The van der Waals surface area contributed by atoms with Crippen LogP contribution in [0.5, 0.6) is 0 Å². The molecular weight excluding hydrogens is 400 g/mol. The lowest BCUT2D eigenvalue weighted by molar-refractivity contribution is 0.0592. The van der Waals surface area contributed by atoms with E-state index in [1.807, 2.05) is 0 Å². The van der Waals surface area contributed by atoms with Crippen LogP contribution in [0.4, 0.5) is 8.78 Å². The number of hydrogen-bond donors (Lipinski definition) is 1. The summed E-state index contributed by atoms with van der Waals surface area (Å²) < 4.78 is 26.9. The van der Waals surface area contributed by atoms with Crippen LogP contribution in [0.3, 0.4) is 0 Å². The number of aromatic amines is 1. The van der Waals surface area contributed by atoms with E-state index >= 15 is 0 Å². The number of H-pyrrole nitrogens is 1. The van der Waals surface area contributed by atoms with Gasteiger partial charge >= 0.3 is 0 Å². The molecule has 0 spiro atoms. The van der Waals surface area contributed by atoms with Gasteiger partial charge in [-0.1, -0.05) is 24.3 Å². The summed E-state index contributed by atoms with van der Waals surface area (Å²) in [6.07, 6.45) is 1.55. The number of Topliss-reactive ketones (excluding diaryl/α,β-unsaturated/α-hetero) is 1. The quantitative estimate of drug-likeness (QED) is 0.630. The molecule has 1 saturated heterocycles. The Bertz CT molecular complexity index is 1020. The fourth-order valence-electron chi connectivity index (χ4n) is 3.98. The highest BCUT2D eigenvalue weighted by Gasteiger charge is 2.29. The summed E-state index contributed by atoms with van der Waals surface area (Å²) in [6.45, 7) is 3.68. The summed E-state index contributed by atoms with van der Waals surface area (Å²) in [5, 5.41) is 0. The zero-order chi connectivity index (χ0) is 22.0. The minimum Gasteiger partial charge on any atom is -0.356 e. The Balaban J connectivity index is 1.52. The largest absolute Gasteiger partial charge is 0.356 e. The summed E-state index contributed by atoms with van der Waals surface area (Å²) in [6, 6.07) is 14.0. The number of benzene rings is 2. The molecule has 31 heavy (non-hydrogen) atoms. The van der Waals surface area contributed by atoms with Crippen LogP contribution in [0, 0.1) is 11.6 Å². The van der Waals surface area contributed by atoms with Crippen LogP contribution in [-0.2, 0) is 0 Å². The molecular formula is C24H23F2N3O2. The standard InChI is InChI=1S/C24H23F2N3O2/c1-16(30)19-14-22(27-15-19)24(31)29-12-10-28(11-13-29)23(17-2-6-20(25)7-3-17)18-4-8-21(26)9-5-18/h2-9,14-15,23,27H,10-13H2,1H3. The van der Waals surface area contributed by atoms with E-state index in [1.54, 1.807) is 41.4 Å². The first-order valence-corrected chi connectivity index (χ1v) is 10.2. The van der Waals surface area contributed by atoms with E-state index in [0.717, 1.165) is 11.1 Å². The average molecular weight is 423 g/mol. The van der Waals surface area contributed by atoms with E-state index in [4.69, 9.17) is 0 Å². The average Bonchev–Trinajstić information content (AvgIpc) is 3.27. The van der Waals surface area contributed by atoms with E-state index in [0.29, 0.717) is 37.4 Å². The molecule has 0 aliphatic carbocycles. The number of carbonyl (C=O) groups excluding carboxylic acids is 2. The summed E-state index contributed by atoms with van der Waals surface area (Å²) in [5.41, 5.74) is 2.69. The Kier molecular flexibility index (Phi) is 5.95. The van der Waals surface area contributed by atoms with Crippen molar-refractivity contribution in [1.29, 1.82) is 0 Å². The SMILES string of the molecule is CC(=O)c1c[nH]c(C(=O)N2CCN(C(c3ccc(F)cc3)c3ccc(F)cc3)CC2)c1. The lowest BCUT2D eigenvalue weighted by Gasteiger charge is -2.39. The Morgan fingerprint density at radius 3 is 1.84 bits per heavy atom. The molecule has 0 bridgehead atoms. The van der Waals surface area contributed by atoms with E-state index in [-0.39, 0.29) is 29.4 Å². The molecule has 2 aromatic carbocycles. The van der Waals surface area contributed by atoms with Crippen molar-refractivity contribution in [1.82, 2.24) is 14.8 Å². The molecule has 2 heterocycles. The molecule has 0 unspecified atom stereocenters. The Morgan fingerprint density at radius 2 is 1.39 bits per heavy atom. The van der Waals surface area contributed by atoms with E-state index in [2.05, 4.69) is 9.88 Å². The number of aromatic nitrogens is 1. The topological polar surface area (TPSA) is 56.4 Å². The number of nitrogens with one attached hydrogen (secondary N) is 1. The van der Waals surface area contributed by atoms with Gasteiger partial charge in [0.15, 0.2) is 5.78 Å². The predicted molar refractivity (Wildman–Crippen MR) is 113 cm³/mol. The lowest BCUT2D eigenvalue weighted by Crippen LogP contribution is -2.50. The van der Waals surface area contributed by atoms with Crippen LogP contribution in [-0.4, -0.2) is 52.7 Å². The zero-order valence-corrected chi connectivity index (χ0v) is 17.1. The second kappa shape index (κ2) is 8.81. The first kappa shape index (κ1) is 20.9. The van der Waals surface area contributed by atoms with Gasteiger partial charge in [-0.2, -0.15) is 0 Å². The maximum absolute atomic E-state index is 13.5. The highest BCUT2D eigenvalue weighted by atomic mass is 19.1. The van der Waals surface area contributed by atoms with Crippen LogP contribution < -0.4 is 0 Å². The number of hydrogen-bond acceptors (Lipinski definition) is 3. The van der Waals surface area contributed by atoms with E-state index < -0.39 is 0 Å². The number of amides is 1. The van der Waals surface area contributed by atoms with Crippen molar-refractivity contribution >= 4 is 11.7 Å². The van der Waals surface area contributed by atoms with Crippen LogP contribution in [0.15, 0.2) is 60.8 Å². The summed E-state index contributed by atoms with van der Waals surface area (Å²) in [7, 11) is 0. The van der Waals surface area contributed by atoms with E-state index in [1.165, 1.54) is 31.2 Å². The molecule has 0 atom stereocenters. The van der Waals surface area contributed by atoms with Crippen LogP contribution in [0.2, 0.25) is 0 Å². The fourth-order valence-corrected chi connectivity index (χ4v) is 3.98. The molecule has 1 fully saturated rings. The first-order valence-electron chi connectivity index (χ1n) is 10.2. The van der Waals surface area contributed by atoms with Gasteiger partial charge < -0.3 is 9.88 Å². The number of nitrogens with zero attached hydrogens (tertiary/aromatic N) is 2. The molecule has 4 rings (SSSR count). The summed E-state index contributed by atoms with van der Waals surface area (Å²) in [4.78, 5) is 31.1. The molecule has 0 radical (unpaired) electrons. The van der Waals surface area contributed by atoms with Gasteiger partial charge in [0.05, 0.1) is 6.04 Å². The molecule has 1 aliphatic rings. The van der Waals surface area contributed by atoms with Crippen molar-refractivity contribution < 1.29 is 18.4 Å². The third-order valence-corrected chi connectivity index (χ3v) is 5.66. The second-order valence-corrected chi connectivity index (χ2v) is 7.69. The normalized spacial score (nSPS) is 14.8. The third kappa shape index (κ3) is 4.56. The number of ketones is 1. The van der Waals surface area contributed by atoms with Crippen LogP contribution in [0.1, 0.15) is 44.9 Å². The zero-order valence-electron chi connectivity index (χ0n) is 17.1. The molecule has 160 valence electrons. The van der Waals surface area contributed by atoms with Gasteiger partial charge in [0.1, 0.15) is 17.3 Å². The van der Waals surface area contributed by atoms with Crippen molar-refractivity contribution in [2.24, 2.45) is 0 Å². The smallest absolute Gasteiger partial charge is 0.270 e. The van der Waals surface area contributed by atoms with Gasteiger partial charge in [0.25, 0.3) is 5.91 Å². The maximum Gasteiger partial charge on any atom is 0.270 e. The van der Waals surface area contributed by atoms with Crippen LogP contribution >= 0.6 is 0 Å². The number of halogens is 2. The van der Waals surface area contributed by atoms with Crippen molar-refractivity contribution in [3.05, 3.63) is 94.8 Å². The summed E-state index contributed by atoms with van der Waals surface area (Å²) in [5.74, 6) is -0.866.